The Kier molecular flexibility index (Phi) is 9.81. The molecule has 0 amide bonds. The number of nitrogens with one attached hydrogen (secondary N) is 2. The van der Waals surface area contributed by atoms with Gasteiger partial charge in [-0.05, 0) is 31.9 Å². The molecule has 0 bridgehead atoms. The van der Waals surface area contributed by atoms with Gasteiger partial charge in [0.1, 0.15) is 5.75 Å². The molecule has 1 aromatic carbocycles. The SMILES string of the molecule is CN=C(NCCc1nc(C)c(C)s1)NCCc1ccccc1OC.I. The van der Waals surface area contributed by atoms with Crippen LogP contribution in [0.3, 0.4) is 0 Å². The summed E-state index contributed by atoms with van der Waals surface area (Å²) in [6.07, 6.45) is 1.79. The van der Waals surface area contributed by atoms with Crippen LogP contribution < -0.4 is 15.4 Å². The Morgan fingerprint density at radius 1 is 1.16 bits per heavy atom. The van der Waals surface area contributed by atoms with Gasteiger partial charge in [-0.25, -0.2) is 4.98 Å². The minimum Gasteiger partial charge on any atom is -0.496 e. The molecule has 0 atom stereocenters. The normalized spacial score (nSPS) is 11.0. The number of para-hydroxylation sites is 1. The van der Waals surface area contributed by atoms with E-state index in [4.69, 9.17) is 4.74 Å². The molecule has 0 spiro atoms. The zero-order chi connectivity index (χ0) is 17.4. The Balaban J connectivity index is 0.00000312. The maximum atomic E-state index is 5.38. The Labute approximate surface area is 171 Å². The van der Waals surface area contributed by atoms with Gasteiger partial charge in [-0.15, -0.1) is 35.3 Å². The number of aryl methyl sites for hydroxylation is 2. The van der Waals surface area contributed by atoms with Crippen LogP contribution in [0.5, 0.6) is 5.75 Å². The molecule has 0 aliphatic rings. The van der Waals surface area contributed by atoms with Crippen LogP contribution in [0.25, 0.3) is 0 Å². The first kappa shape index (κ1) is 21.7. The van der Waals surface area contributed by atoms with E-state index in [1.165, 1.54) is 15.4 Å². The van der Waals surface area contributed by atoms with Crippen LogP contribution in [-0.2, 0) is 12.8 Å². The molecule has 0 fully saturated rings. The predicted octanol–water partition coefficient (Wildman–Crippen LogP) is 3.34. The summed E-state index contributed by atoms with van der Waals surface area (Å²) in [4.78, 5) is 10.1. The van der Waals surface area contributed by atoms with Crippen molar-refractivity contribution in [1.29, 1.82) is 0 Å². The van der Waals surface area contributed by atoms with Gasteiger partial charge in [-0.1, -0.05) is 18.2 Å². The molecule has 0 aliphatic heterocycles. The number of hydrogen-bond acceptors (Lipinski definition) is 4. The van der Waals surface area contributed by atoms with Gasteiger partial charge >= 0.3 is 0 Å². The molecule has 2 rings (SSSR count). The van der Waals surface area contributed by atoms with Crippen molar-refractivity contribution in [2.75, 3.05) is 27.2 Å². The molecule has 1 aromatic heterocycles. The minimum absolute atomic E-state index is 0. The summed E-state index contributed by atoms with van der Waals surface area (Å²) in [5, 5.41) is 7.84. The second kappa shape index (κ2) is 11.3. The van der Waals surface area contributed by atoms with Crippen LogP contribution >= 0.6 is 35.3 Å². The van der Waals surface area contributed by atoms with Crippen LogP contribution in [0.4, 0.5) is 0 Å². The maximum absolute atomic E-state index is 5.38. The number of benzene rings is 1. The number of guanidine groups is 1. The molecule has 0 saturated heterocycles. The molecule has 138 valence electrons. The first-order valence-corrected chi connectivity index (χ1v) is 8.95. The number of thiazole rings is 1. The lowest BCUT2D eigenvalue weighted by Gasteiger charge is -2.12. The summed E-state index contributed by atoms with van der Waals surface area (Å²) in [5.41, 5.74) is 2.33. The van der Waals surface area contributed by atoms with Crippen molar-refractivity contribution in [1.82, 2.24) is 15.6 Å². The highest BCUT2D eigenvalue weighted by Gasteiger charge is 2.05. The van der Waals surface area contributed by atoms with Gasteiger partial charge in [0, 0.05) is 31.4 Å². The second-order valence-corrected chi connectivity index (χ2v) is 6.77. The molecular weight excluding hydrogens is 447 g/mol. The smallest absolute Gasteiger partial charge is 0.191 e. The van der Waals surface area contributed by atoms with Gasteiger partial charge in [-0.3, -0.25) is 4.99 Å². The van der Waals surface area contributed by atoms with Gasteiger partial charge in [-0.2, -0.15) is 0 Å². The third kappa shape index (κ3) is 6.81. The Morgan fingerprint density at radius 2 is 1.84 bits per heavy atom. The van der Waals surface area contributed by atoms with Crippen LogP contribution in [0.2, 0.25) is 0 Å². The Bertz CT molecular complexity index is 668. The van der Waals surface area contributed by atoms with Crippen molar-refractivity contribution < 1.29 is 4.74 Å². The fraction of sp³-hybridized carbons (Fsp3) is 0.444. The molecule has 0 radical (unpaired) electrons. The van der Waals surface area contributed by atoms with Crippen molar-refractivity contribution >= 4 is 41.3 Å². The highest BCUT2D eigenvalue weighted by atomic mass is 127. The molecule has 2 N–H and O–H groups in total. The molecule has 7 heteroatoms. The first-order valence-electron chi connectivity index (χ1n) is 8.13. The molecule has 0 unspecified atom stereocenters. The molecule has 0 saturated carbocycles. The van der Waals surface area contributed by atoms with E-state index < -0.39 is 0 Å². The largest absolute Gasteiger partial charge is 0.496 e. The zero-order valence-electron chi connectivity index (χ0n) is 15.3. The van der Waals surface area contributed by atoms with E-state index in [-0.39, 0.29) is 24.0 Å². The van der Waals surface area contributed by atoms with E-state index in [0.717, 1.165) is 43.3 Å². The van der Waals surface area contributed by atoms with Gasteiger partial charge in [0.2, 0.25) is 0 Å². The molecule has 5 nitrogen and oxygen atoms in total. The van der Waals surface area contributed by atoms with Crippen molar-refractivity contribution in [3.05, 3.63) is 45.4 Å². The second-order valence-electron chi connectivity index (χ2n) is 5.49. The standard InChI is InChI=1S/C18H26N4OS.HI/c1-13-14(2)24-17(22-13)10-12-21-18(19-3)20-11-9-15-7-5-6-8-16(15)23-4;/h5-8H,9-12H2,1-4H3,(H2,19,20,21);1H. The van der Waals surface area contributed by atoms with Crippen LogP contribution in [0.15, 0.2) is 29.3 Å². The Morgan fingerprint density at radius 3 is 2.44 bits per heavy atom. The van der Waals surface area contributed by atoms with E-state index >= 15 is 0 Å². The molecule has 25 heavy (non-hydrogen) atoms. The van der Waals surface area contributed by atoms with Crippen LogP contribution in [-0.4, -0.2) is 38.2 Å². The van der Waals surface area contributed by atoms with Gasteiger partial charge < -0.3 is 15.4 Å². The molecular formula is C18H27IN4OS. The third-order valence-electron chi connectivity index (χ3n) is 3.81. The average Bonchev–Trinajstić information content (AvgIpc) is 2.91. The molecule has 1 heterocycles. The van der Waals surface area contributed by atoms with Crippen LogP contribution in [0.1, 0.15) is 21.1 Å². The Hall–Kier alpha value is -1.35. The number of hydrogen-bond donors (Lipinski definition) is 2. The lowest BCUT2D eigenvalue weighted by atomic mass is 10.1. The highest BCUT2D eigenvalue weighted by Crippen LogP contribution is 2.17. The van der Waals surface area contributed by atoms with E-state index in [0.29, 0.717) is 0 Å². The number of methoxy groups -OCH3 is 1. The maximum Gasteiger partial charge on any atom is 0.191 e. The summed E-state index contributed by atoms with van der Waals surface area (Å²) >= 11 is 1.77. The van der Waals surface area contributed by atoms with E-state index in [2.05, 4.69) is 40.5 Å². The number of rotatable bonds is 7. The lowest BCUT2D eigenvalue weighted by Crippen LogP contribution is -2.39. The lowest BCUT2D eigenvalue weighted by molar-refractivity contribution is 0.409. The van der Waals surface area contributed by atoms with Gasteiger partial charge in [0.05, 0.1) is 17.8 Å². The topological polar surface area (TPSA) is 58.5 Å². The summed E-state index contributed by atoms with van der Waals surface area (Å²) in [7, 11) is 3.49. The van der Waals surface area contributed by atoms with Gasteiger partial charge in [0.15, 0.2) is 5.96 Å². The predicted molar refractivity (Wildman–Crippen MR) is 117 cm³/mol. The molecule has 0 aliphatic carbocycles. The summed E-state index contributed by atoms with van der Waals surface area (Å²) < 4.78 is 5.38. The number of aromatic nitrogens is 1. The van der Waals surface area contributed by atoms with E-state index in [1.807, 2.05) is 18.2 Å². The zero-order valence-corrected chi connectivity index (χ0v) is 18.4. The highest BCUT2D eigenvalue weighted by molar-refractivity contribution is 14.0. The van der Waals surface area contributed by atoms with Crippen molar-refractivity contribution in [3.63, 3.8) is 0 Å². The van der Waals surface area contributed by atoms with Gasteiger partial charge in [0.25, 0.3) is 0 Å². The van der Waals surface area contributed by atoms with Crippen LogP contribution in [0, 0.1) is 13.8 Å². The number of halogens is 1. The minimum atomic E-state index is 0. The first-order chi connectivity index (χ1) is 11.6. The van der Waals surface area contributed by atoms with E-state index in [1.54, 1.807) is 25.5 Å². The third-order valence-corrected chi connectivity index (χ3v) is 4.94. The fourth-order valence-electron chi connectivity index (χ4n) is 2.38. The number of aliphatic imine (C=N–C) groups is 1. The summed E-state index contributed by atoms with van der Waals surface area (Å²) in [6, 6.07) is 8.09. The molecule has 2 aromatic rings. The fourth-order valence-corrected chi connectivity index (χ4v) is 3.31. The monoisotopic (exact) mass is 474 g/mol. The summed E-state index contributed by atoms with van der Waals surface area (Å²) in [5.74, 6) is 1.74. The van der Waals surface area contributed by atoms with Crippen molar-refractivity contribution in [3.8, 4) is 5.75 Å². The quantitative estimate of drug-likeness (QED) is 0.367. The number of nitrogens with zero attached hydrogens (tertiary/aromatic N) is 2. The van der Waals surface area contributed by atoms with E-state index in [9.17, 15) is 0 Å². The van der Waals surface area contributed by atoms with Crippen molar-refractivity contribution in [2.45, 2.75) is 26.7 Å². The van der Waals surface area contributed by atoms with Crippen molar-refractivity contribution in [2.24, 2.45) is 4.99 Å². The average molecular weight is 474 g/mol. The summed E-state index contributed by atoms with van der Waals surface area (Å²) in [6.45, 7) is 5.79. The number of ether oxygens (including phenoxy) is 1.